The molecule has 0 spiro atoms. The first-order valence-electron chi connectivity index (χ1n) is 6.05. The normalized spacial score (nSPS) is 12.7. The van der Waals surface area contributed by atoms with Gasteiger partial charge in [-0.15, -0.1) is 0 Å². The molecule has 0 amide bonds. The van der Waals surface area contributed by atoms with Crippen molar-refractivity contribution in [3.8, 4) is 17.2 Å². The molecule has 6 nitrogen and oxygen atoms in total. The lowest BCUT2D eigenvalue weighted by Gasteiger charge is -2.24. The minimum Gasteiger partial charge on any atom is -0.507 e. The summed E-state index contributed by atoms with van der Waals surface area (Å²) < 4.78 is 42.0. The predicted molar refractivity (Wildman–Crippen MR) is 69.7 cm³/mol. The molecule has 0 saturated heterocycles. The molecule has 3 N–H and O–H groups in total. The number of alkyl halides is 2. The fraction of sp³-hybridized carbons (Fsp3) is 0.462. The minimum atomic E-state index is -4.02. The van der Waals surface area contributed by atoms with Crippen LogP contribution < -0.4 is 15.2 Å². The van der Waals surface area contributed by atoms with Crippen LogP contribution in [0.5, 0.6) is 17.2 Å². The highest BCUT2D eigenvalue weighted by Gasteiger charge is 2.49. The molecule has 0 aromatic heterocycles. The van der Waals surface area contributed by atoms with Gasteiger partial charge in [-0.2, -0.15) is 8.78 Å². The van der Waals surface area contributed by atoms with Crippen LogP contribution in [0.2, 0.25) is 0 Å². The summed E-state index contributed by atoms with van der Waals surface area (Å²) in [5.74, 6) is -6.28. The van der Waals surface area contributed by atoms with Crippen LogP contribution in [0, 0.1) is 0 Å². The molecule has 0 aliphatic heterocycles. The number of phenolic OH excluding ortho intramolecular Hbond substituents is 1. The lowest BCUT2D eigenvalue weighted by atomic mass is 9.99. The van der Waals surface area contributed by atoms with E-state index >= 15 is 0 Å². The van der Waals surface area contributed by atoms with E-state index in [2.05, 4.69) is 4.74 Å². The molecule has 1 aromatic rings. The largest absolute Gasteiger partial charge is 0.507 e. The van der Waals surface area contributed by atoms with Crippen LogP contribution in [0.1, 0.15) is 18.5 Å². The summed E-state index contributed by atoms with van der Waals surface area (Å²) in [6, 6.07) is 0.243. The second kappa shape index (κ2) is 6.57. The summed E-state index contributed by atoms with van der Waals surface area (Å²) in [5, 5.41) is 9.85. The van der Waals surface area contributed by atoms with Crippen molar-refractivity contribution in [3.05, 3.63) is 17.7 Å². The molecule has 0 aliphatic carbocycles. The molecule has 8 heteroatoms. The van der Waals surface area contributed by atoms with Gasteiger partial charge in [0.05, 0.1) is 26.4 Å². The molecule has 0 saturated carbocycles. The standard InChI is InChI=1S/C13H17F2NO5/c1-4-21-12(18)13(14,15)11(16)10-8(17)5-7(19-2)6-9(10)20-3/h5-6,11,17H,4,16H2,1-3H3/t11-/m1/s1. The third kappa shape index (κ3) is 3.33. The topological polar surface area (TPSA) is 91.0 Å². The zero-order chi connectivity index (χ0) is 16.2. The summed E-state index contributed by atoms with van der Waals surface area (Å²) in [6.07, 6.45) is 0. The maximum absolute atomic E-state index is 14.0. The Bertz CT molecular complexity index is 522. The molecule has 0 radical (unpaired) electrons. The number of phenols is 1. The monoisotopic (exact) mass is 305 g/mol. The zero-order valence-corrected chi connectivity index (χ0v) is 11.9. The molecule has 1 atom stereocenters. The first kappa shape index (κ1) is 17.0. The smallest absolute Gasteiger partial charge is 0.379 e. The summed E-state index contributed by atoms with van der Waals surface area (Å²) >= 11 is 0. The molecular weight excluding hydrogens is 288 g/mol. The number of esters is 1. The van der Waals surface area contributed by atoms with Crippen LogP contribution in [0.4, 0.5) is 8.78 Å². The molecule has 0 fully saturated rings. The van der Waals surface area contributed by atoms with Gasteiger partial charge in [0.25, 0.3) is 0 Å². The first-order chi connectivity index (χ1) is 9.79. The Kier molecular flexibility index (Phi) is 5.31. The van der Waals surface area contributed by atoms with Gasteiger partial charge in [0.1, 0.15) is 23.3 Å². The lowest BCUT2D eigenvalue weighted by molar-refractivity contribution is -0.174. The van der Waals surface area contributed by atoms with Crippen LogP contribution in [-0.2, 0) is 9.53 Å². The molecular formula is C13H17F2NO5. The fourth-order valence-corrected chi connectivity index (χ4v) is 1.72. The predicted octanol–water partition coefficient (Wildman–Crippen LogP) is 1.61. The van der Waals surface area contributed by atoms with Gasteiger partial charge in [0.2, 0.25) is 0 Å². The number of rotatable bonds is 6. The summed E-state index contributed by atoms with van der Waals surface area (Å²) in [4.78, 5) is 11.3. The van der Waals surface area contributed by atoms with Crippen LogP contribution in [0.15, 0.2) is 12.1 Å². The van der Waals surface area contributed by atoms with Gasteiger partial charge in [0, 0.05) is 12.1 Å². The van der Waals surface area contributed by atoms with E-state index in [-0.39, 0.29) is 18.1 Å². The number of methoxy groups -OCH3 is 2. The maximum Gasteiger partial charge on any atom is 0.379 e. The van der Waals surface area contributed by atoms with Crippen molar-refractivity contribution >= 4 is 5.97 Å². The van der Waals surface area contributed by atoms with Gasteiger partial charge >= 0.3 is 11.9 Å². The Morgan fingerprint density at radius 2 is 2.00 bits per heavy atom. The number of benzene rings is 1. The van der Waals surface area contributed by atoms with Crippen molar-refractivity contribution in [2.45, 2.75) is 18.9 Å². The molecule has 0 heterocycles. The van der Waals surface area contributed by atoms with Crippen molar-refractivity contribution in [1.29, 1.82) is 0 Å². The SMILES string of the molecule is CCOC(=O)C(F)(F)[C@H](N)c1c(O)cc(OC)cc1OC. The van der Waals surface area contributed by atoms with Crippen molar-refractivity contribution in [1.82, 2.24) is 0 Å². The second-order valence-electron chi connectivity index (χ2n) is 4.08. The molecule has 0 unspecified atom stereocenters. The van der Waals surface area contributed by atoms with E-state index in [9.17, 15) is 18.7 Å². The third-order valence-electron chi connectivity index (χ3n) is 2.80. The van der Waals surface area contributed by atoms with Crippen molar-refractivity contribution < 1.29 is 32.9 Å². The van der Waals surface area contributed by atoms with Gasteiger partial charge in [-0.05, 0) is 6.92 Å². The highest BCUT2D eigenvalue weighted by atomic mass is 19.3. The quantitative estimate of drug-likeness (QED) is 0.776. The third-order valence-corrected chi connectivity index (χ3v) is 2.80. The number of aromatic hydroxyl groups is 1. The van der Waals surface area contributed by atoms with E-state index in [4.69, 9.17) is 15.2 Å². The van der Waals surface area contributed by atoms with E-state index in [0.717, 1.165) is 6.07 Å². The van der Waals surface area contributed by atoms with Gasteiger partial charge in [-0.3, -0.25) is 0 Å². The van der Waals surface area contributed by atoms with Crippen LogP contribution in [0.3, 0.4) is 0 Å². The van der Waals surface area contributed by atoms with Gasteiger partial charge in [-0.25, -0.2) is 4.79 Å². The van der Waals surface area contributed by atoms with Crippen LogP contribution >= 0.6 is 0 Å². The van der Waals surface area contributed by atoms with E-state index in [1.807, 2.05) is 0 Å². The fourth-order valence-electron chi connectivity index (χ4n) is 1.72. The molecule has 0 aliphatic rings. The number of hydrogen-bond acceptors (Lipinski definition) is 6. The summed E-state index contributed by atoms with van der Waals surface area (Å²) in [5.41, 5.74) is 5.03. The van der Waals surface area contributed by atoms with Gasteiger partial charge in [0.15, 0.2) is 0 Å². The maximum atomic E-state index is 14.0. The Morgan fingerprint density at radius 1 is 1.38 bits per heavy atom. The van der Waals surface area contributed by atoms with Crippen LogP contribution in [-0.4, -0.2) is 37.8 Å². The molecule has 21 heavy (non-hydrogen) atoms. The van der Waals surface area contributed by atoms with E-state index in [1.165, 1.54) is 27.2 Å². The Labute approximate surface area is 120 Å². The number of hydrogen-bond donors (Lipinski definition) is 2. The summed E-state index contributed by atoms with van der Waals surface area (Å²) in [6.45, 7) is 1.18. The van der Waals surface area contributed by atoms with E-state index < -0.39 is 29.2 Å². The van der Waals surface area contributed by atoms with Crippen molar-refractivity contribution in [2.75, 3.05) is 20.8 Å². The minimum absolute atomic E-state index is 0.122. The number of nitrogens with two attached hydrogens (primary N) is 1. The lowest BCUT2D eigenvalue weighted by Crippen LogP contribution is -2.42. The van der Waals surface area contributed by atoms with Crippen molar-refractivity contribution in [3.63, 3.8) is 0 Å². The Balaban J connectivity index is 3.29. The number of halogens is 2. The Hall–Kier alpha value is -2.09. The van der Waals surface area contributed by atoms with E-state index in [0.29, 0.717) is 0 Å². The highest BCUT2D eigenvalue weighted by Crippen LogP contribution is 2.42. The Morgan fingerprint density at radius 3 is 2.48 bits per heavy atom. The van der Waals surface area contributed by atoms with Crippen LogP contribution in [0.25, 0.3) is 0 Å². The number of ether oxygens (including phenoxy) is 3. The molecule has 0 bridgehead atoms. The van der Waals surface area contributed by atoms with Crippen molar-refractivity contribution in [2.24, 2.45) is 5.73 Å². The molecule has 1 rings (SSSR count). The first-order valence-corrected chi connectivity index (χ1v) is 6.05. The average Bonchev–Trinajstić information content (AvgIpc) is 2.45. The molecule has 1 aromatic carbocycles. The van der Waals surface area contributed by atoms with Gasteiger partial charge in [-0.1, -0.05) is 0 Å². The average molecular weight is 305 g/mol. The number of carbonyl (C=O) groups excluding carboxylic acids is 1. The molecule has 118 valence electrons. The summed E-state index contributed by atoms with van der Waals surface area (Å²) in [7, 11) is 2.55. The van der Waals surface area contributed by atoms with E-state index in [1.54, 1.807) is 0 Å². The number of carbonyl (C=O) groups is 1. The zero-order valence-electron chi connectivity index (χ0n) is 11.9. The van der Waals surface area contributed by atoms with Gasteiger partial charge < -0.3 is 25.1 Å². The second-order valence-corrected chi connectivity index (χ2v) is 4.08. The highest BCUT2D eigenvalue weighted by molar-refractivity contribution is 5.79.